The highest BCUT2D eigenvalue weighted by Gasteiger charge is 2.27. The van der Waals surface area contributed by atoms with E-state index in [4.69, 9.17) is 10.5 Å². The van der Waals surface area contributed by atoms with Gasteiger partial charge in [-0.05, 0) is 28.5 Å². The molecule has 23 heavy (non-hydrogen) atoms. The van der Waals surface area contributed by atoms with Crippen LogP contribution in [0.3, 0.4) is 0 Å². The summed E-state index contributed by atoms with van der Waals surface area (Å²) in [6.07, 6.45) is -0.755. The molecule has 0 amide bonds. The molecule has 0 saturated carbocycles. The van der Waals surface area contributed by atoms with E-state index in [1.54, 1.807) is 0 Å². The molecule has 116 valence electrons. The topological polar surface area (TPSA) is 72.6 Å². The molecule has 0 aromatic heterocycles. The number of benzene rings is 3. The Morgan fingerprint density at radius 1 is 0.913 bits per heavy atom. The zero-order valence-corrected chi connectivity index (χ0v) is 12.4. The van der Waals surface area contributed by atoms with Crippen molar-refractivity contribution in [2.45, 2.75) is 12.1 Å². The first-order valence-corrected chi connectivity index (χ1v) is 7.34. The smallest absolute Gasteiger partial charge is 0.324 e. The van der Waals surface area contributed by atoms with Crippen LogP contribution in [0.1, 0.15) is 11.7 Å². The molecule has 3 N–H and O–H groups in total. The van der Waals surface area contributed by atoms with Gasteiger partial charge in [0.2, 0.25) is 0 Å². The fourth-order valence-corrected chi connectivity index (χ4v) is 2.51. The first-order valence-electron chi connectivity index (χ1n) is 7.34. The quantitative estimate of drug-likeness (QED) is 0.758. The third kappa shape index (κ3) is 3.33. The number of hydrogen-bond donors (Lipinski definition) is 2. The Morgan fingerprint density at radius 3 is 2.26 bits per heavy atom. The van der Waals surface area contributed by atoms with Crippen LogP contribution < -0.4 is 10.5 Å². The van der Waals surface area contributed by atoms with Gasteiger partial charge in [0.05, 0.1) is 0 Å². The number of rotatable bonds is 5. The molecule has 0 bridgehead atoms. The van der Waals surface area contributed by atoms with E-state index in [-0.39, 0.29) is 0 Å². The van der Waals surface area contributed by atoms with Crippen molar-refractivity contribution >= 4 is 16.7 Å². The zero-order chi connectivity index (χ0) is 16.2. The van der Waals surface area contributed by atoms with Crippen molar-refractivity contribution in [3.63, 3.8) is 0 Å². The largest absolute Gasteiger partial charge is 0.483 e. The van der Waals surface area contributed by atoms with E-state index in [0.29, 0.717) is 5.75 Å². The summed E-state index contributed by atoms with van der Waals surface area (Å²) in [4.78, 5) is 11.3. The summed E-state index contributed by atoms with van der Waals surface area (Å²) in [6.45, 7) is 0. The second-order valence-electron chi connectivity index (χ2n) is 5.32. The molecule has 3 rings (SSSR count). The number of ether oxygens (including phenoxy) is 1. The van der Waals surface area contributed by atoms with Crippen LogP contribution in [0.15, 0.2) is 72.8 Å². The molecule has 3 aromatic rings. The maximum absolute atomic E-state index is 11.3. The number of carboxylic acid groups (broad SMARTS) is 1. The fourth-order valence-electron chi connectivity index (χ4n) is 2.51. The van der Waals surface area contributed by atoms with Gasteiger partial charge >= 0.3 is 5.97 Å². The van der Waals surface area contributed by atoms with Gasteiger partial charge in [0, 0.05) is 0 Å². The summed E-state index contributed by atoms with van der Waals surface area (Å²) in [7, 11) is 0. The Hall–Kier alpha value is -2.85. The van der Waals surface area contributed by atoms with Crippen LogP contribution in [0.2, 0.25) is 0 Å². The van der Waals surface area contributed by atoms with Crippen LogP contribution in [0.5, 0.6) is 5.75 Å². The van der Waals surface area contributed by atoms with Crippen LogP contribution in [0, 0.1) is 0 Å². The average molecular weight is 307 g/mol. The summed E-state index contributed by atoms with van der Waals surface area (Å²) in [5.41, 5.74) is 6.56. The van der Waals surface area contributed by atoms with Gasteiger partial charge in [-0.15, -0.1) is 0 Å². The molecule has 4 heteroatoms. The highest BCUT2D eigenvalue weighted by Crippen LogP contribution is 2.27. The summed E-state index contributed by atoms with van der Waals surface area (Å²) >= 11 is 0. The van der Waals surface area contributed by atoms with E-state index >= 15 is 0 Å². The average Bonchev–Trinajstić information content (AvgIpc) is 2.59. The summed E-state index contributed by atoms with van der Waals surface area (Å²) in [5, 5.41) is 11.4. The minimum Gasteiger partial charge on any atom is -0.483 e. The number of fused-ring (bicyclic) bond motifs is 1. The van der Waals surface area contributed by atoms with Crippen LogP contribution in [0.25, 0.3) is 10.8 Å². The van der Waals surface area contributed by atoms with E-state index in [2.05, 4.69) is 0 Å². The Morgan fingerprint density at radius 2 is 1.57 bits per heavy atom. The van der Waals surface area contributed by atoms with Crippen LogP contribution in [-0.4, -0.2) is 17.1 Å². The standard InChI is InChI=1S/C19H17NO3/c20-17(19(21)22)18(14-7-2-1-3-8-14)23-16-11-10-13-6-4-5-9-15(13)12-16/h1-12,17-18H,20H2,(H,21,22)/t17-,18?/m0/s1. The molecule has 0 heterocycles. The maximum Gasteiger partial charge on any atom is 0.324 e. The molecule has 1 unspecified atom stereocenters. The van der Waals surface area contributed by atoms with Gasteiger partial charge in [0.25, 0.3) is 0 Å². The van der Waals surface area contributed by atoms with Crippen LogP contribution in [0.4, 0.5) is 0 Å². The van der Waals surface area contributed by atoms with Gasteiger partial charge in [0.1, 0.15) is 17.9 Å². The molecule has 0 aliphatic carbocycles. The molecule has 0 fully saturated rings. The summed E-state index contributed by atoms with van der Waals surface area (Å²) in [5.74, 6) is -0.506. The van der Waals surface area contributed by atoms with Crippen molar-refractivity contribution in [2.24, 2.45) is 5.73 Å². The van der Waals surface area contributed by atoms with Crippen molar-refractivity contribution < 1.29 is 14.6 Å². The molecular weight excluding hydrogens is 290 g/mol. The Bertz CT molecular complexity index is 817. The lowest BCUT2D eigenvalue weighted by Crippen LogP contribution is -2.39. The molecule has 3 aromatic carbocycles. The molecule has 0 aliphatic heterocycles. The van der Waals surface area contributed by atoms with Crippen molar-refractivity contribution in [1.82, 2.24) is 0 Å². The Balaban J connectivity index is 1.95. The van der Waals surface area contributed by atoms with Gasteiger partial charge in [-0.25, -0.2) is 0 Å². The molecular formula is C19H17NO3. The lowest BCUT2D eigenvalue weighted by Gasteiger charge is -2.23. The predicted octanol–water partition coefficient (Wildman–Crippen LogP) is 3.37. The number of hydrogen-bond acceptors (Lipinski definition) is 3. The van der Waals surface area contributed by atoms with Crippen LogP contribution >= 0.6 is 0 Å². The minimum atomic E-state index is -1.15. The minimum absolute atomic E-state index is 0.592. The Kier molecular flexibility index (Phi) is 4.26. The van der Waals surface area contributed by atoms with Gasteiger partial charge in [-0.1, -0.05) is 60.7 Å². The first-order chi connectivity index (χ1) is 11.1. The van der Waals surface area contributed by atoms with Crippen molar-refractivity contribution in [2.75, 3.05) is 0 Å². The van der Waals surface area contributed by atoms with Gasteiger partial charge in [0.15, 0.2) is 0 Å². The van der Waals surface area contributed by atoms with Crippen molar-refractivity contribution in [1.29, 1.82) is 0 Å². The van der Waals surface area contributed by atoms with Gasteiger partial charge in [-0.2, -0.15) is 0 Å². The zero-order valence-electron chi connectivity index (χ0n) is 12.4. The second-order valence-corrected chi connectivity index (χ2v) is 5.32. The summed E-state index contributed by atoms with van der Waals surface area (Å²) in [6, 6.07) is 21.6. The molecule has 0 radical (unpaired) electrons. The van der Waals surface area contributed by atoms with E-state index < -0.39 is 18.1 Å². The van der Waals surface area contributed by atoms with E-state index in [1.807, 2.05) is 72.8 Å². The maximum atomic E-state index is 11.3. The molecule has 2 atom stereocenters. The van der Waals surface area contributed by atoms with Crippen molar-refractivity contribution in [3.8, 4) is 5.75 Å². The van der Waals surface area contributed by atoms with Crippen molar-refractivity contribution in [3.05, 3.63) is 78.4 Å². The molecule has 0 spiro atoms. The Labute approximate surface area is 134 Å². The first kappa shape index (κ1) is 15.1. The third-order valence-corrected chi connectivity index (χ3v) is 3.72. The fraction of sp³-hybridized carbons (Fsp3) is 0.105. The molecule has 0 aliphatic rings. The SMILES string of the molecule is N[C@H](C(=O)O)C(Oc1ccc2ccccc2c1)c1ccccc1. The summed E-state index contributed by atoms with van der Waals surface area (Å²) < 4.78 is 5.93. The highest BCUT2D eigenvalue weighted by atomic mass is 16.5. The highest BCUT2D eigenvalue weighted by molar-refractivity contribution is 5.83. The molecule has 4 nitrogen and oxygen atoms in total. The monoisotopic (exact) mass is 307 g/mol. The van der Waals surface area contributed by atoms with Gasteiger partial charge in [-0.3, -0.25) is 4.79 Å². The van der Waals surface area contributed by atoms with E-state index in [9.17, 15) is 9.90 Å². The normalized spacial score (nSPS) is 13.4. The van der Waals surface area contributed by atoms with E-state index in [0.717, 1.165) is 16.3 Å². The lowest BCUT2D eigenvalue weighted by atomic mass is 10.0. The van der Waals surface area contributed by atoms with Crippen LogP contribution in [-0.2, 0) is 4.79 Å². The van der Waals surface area contributed by atoms with E-state index in [1.165, 1.54) is 0 Å². The number of carbonyl (C=O) groups is 1. The number of aliphatic carboxylic acids is 1. The molecule has 0 saturated heterocycles. The second kappa shape index (κ2) is 6.50. The predicted molar refractivity (Wildman–Crippen MR) is 89.4 cm³/mol. The lowest BCUT2D eigenvalue weighted by molar-refractivity contribution is -0.140. The number of carboxylic acids is 1. The number of nitrogens with two attached hydrogens (primary N) is 1. The third-order valence-electron chi connectivity index (χ3n) is 3.72. The van der Waals surface area contributed by atoms with Gasteiger partial charge < -0.3 is 15.6 Å².